The summed E-state index contributed by atoms with van der Waals surface area (Å²) in [7, 11) is -2.61. The Hall–Kier alpha value is -0.860. The topological polar surface area (TPSA) is 59.7 Å². The summed E-state index contributed by atoms with van der Waals surface area (Å²) in [5.74, 6) is 0.101. The van der Waals surface area contributed by atoms with Gasteiger partial charge in [0, 0.05) is 10.1 Å². The largest absolute Gasteiger partial charge is 0.750 e. The first-order valence-electron chi connectivity index (χ1n) is 2.58. The van der Waals surface area contributed by atoms with Gasteiger partial charge in [0.1, 0.15) is 0 Å². The zero-order chi connectivity index (χ0) is 7.56. The molecule has 0 bridgehead atoms. The van der Waals surface area contributed by atoms with E-state index in [2.05, 4.69) is 4.52 Å². The number of rotatable bonds is 2. The van der Waals surface area contributed by atoms with E-state index in [0.717, 1.165) is 0 Å². The highest BCUT2D eigenvalue weighted by atomic mass is 31.1. The van der Waals surface area contributed by atoms with Crippen LogP contribution in [-0.2, 0) is 4.57 Å². The van der Waals surface area contributed by atoms with Crippen LogP contribution in [0.25, 0.3) is 0 Å². The Kier molecular flexibility index (Phi) is 2.04. The maximum absolute atomic E-state index is 10.1. The second kappa shape index (κ2) is 2.82. The van der Waals surface area contributed by atoms with E-state index in [0.29, 0.717) is 5.56 Å². The van der Waals surface area contributed by atoms with Gasteiger partial charge in [-0.2, -0.15) is 4.52 Å². The number of hydrogen-bond donors (Lipinski definition) is 1. The summed E-state index contributed by atoms with van der Waals surface area (Å²) in [5.41, 5.74) is 0.706. The van der Waals surface area contributed by atoms with Crippen LogP contribution in [0.5, 0.6) is 5.95 Å². The van der Waals surface area contributed by atoms with Crippen molar-refractivity contribution in [3.05, 3.63) is 17.9 Å². The van der Waals surface area contributed by atoms with Crippen LogP contribution in [0.1, 0.15) is 5.56 Å². The summed E-state index contributed by atoms with van der Waals surface area (Å²) in [6.45, 7) is 1.72. The van der Waals surface area contributed by atoms with Crippen molar-refractivity contribution in [1.29, 1.82) is 0 Å². The molecule has 4 nitrogen and oxygen atoms in total. The van der Waals surface area contributed by atoms with Gasteiger partial charge in [-0.1, -0.05) is 0 Å². The molecule has 0 fully saturated rings. The lowest BCUT2D eigenvalue weighted by atomic mass is 10.4. The Morgan fingerprint density at radius 3 is 2.90 bits per heavy atom. The molecular weight excluding hydrogens is 155 g/mol. The molecule has 1 N–H and O–H groups in total. The Morgan fingerprint density at radius 2 is 2.50 bits per heavy atom. The van der Waals surface area contributed by atoms with Gasteiger partial charge >= 0.3 is 14.2 Å². The molecule has 0 aliphatic rings. The molecule has 10 heavy (non-hydrogen) atoms. The van der Waals surface area contributed by atoms with Crippen LogP contribution in [0, 0.1) is 6.92 Å². The number of hydrogen-bond acceptors (Lipinski definition) is 3. The highest BCUT2D eigenvalue weighted by Gasteiger charge is 2.18. The van der Waals surface area contributed by atoms with Crippen molar-refractivity contribution in [3.8, 4) is 5.95 Å². The van der Waals surface area contributed by atoms with Gasteiger partial charge in [0.15, 0.2) is 0 Å². The lowest BCUT2D eigenvalue weighted by Crippen LogP contribution is -1.78. The maximum atomic E-state index is 10.1. The van der Waals surface area contributed by atoms with Gasteiger partial charge < -0.3 is 4.42 Å². The predicted molar refractivity (Wildman–Crippen MR) is 33.9 cm³/mol. The molecule has 1 heterocycles. The smallest absolute Gasteiger partial charge is 0.431 e. The minimum Gasteiger partial charge on any atom is -0.431 e. The summed E-state index contributed by atoms with van der Waals surface area (Å²) in [4.78, 5) is 8.28. The lowest BCUT2D eigenvalue weighted by Gasteiger charge is -1.82. The van der Waals surface area contributed by atoms with Gasteiger partial charge in [-0.05, 0) is 13.0 Å². The monoisotopic (exact) mass is 161 g/mol. The van der Waals surface area contributed by atoms with Crippen LogP contribution in [0.4, 0.5) is 0 Å². The van der Waals surface area contributed by atoms with E-state index in [1.165, 1.54) is 6.26 Å². The van der Waals surface area contributed by atoms with Crippen molar-refractivity contribution < 1.29 is 18.4 Å². The number of aryl methyl sites for hydroxylation is 1. The Morgan fingerprint density at radius 1 is 1.80 bits per heavy atom. The molecule has 0 spiro atoms. The fourth-order valence-electron chi connectivity index (χ4n) is 0.523. The van der Waals surface area contributed by atoms with E-state index >= 15 is 0 Å². The summed E-state index contributed by atoms with van der Waals surface area (Å²) in [6, 6.07) is 1.65. The third kappa shape index (κ3) is 1.56. The van der Waals surface area contributed by atoms with Crippen molar-refractivity contribution in [2.45, 2.75) is 6.92 Å². The second-order valence-electron chi connectivity index (χ2n) is 1.72. The molecule has 0 aliphatic heterocycles. The van der Waals surface area contributed by atoms with Crippen molar-refractivity contribution in [3.63, 3.8) is 0 Å². The highest BCUT2D eigenvalue weighted by Crippen LogP contribution is 2.26. The minimum absolute atomic E-state index is 0.101. The van der Waals surface area contributed by atoms with Gasteiger partial charge in [-0.15, -0.1) is 4.89 Å². The Bertz CT molecular complexity index is 242. The fraction of sp³-hybridized carbons (Fsp3) is 0.200. The van der Waals surface area contributed by atoms with Crippen molar-refractivity contribution in [1.82, 2.24) is 0 Å². The molecule has 1 unspecified atom stereocenters. The molecular formula is C5H6O4P+. The van der Waals surface area contributed by atoms with Crippen LogP contribution >= 0.6 is 8.25 Å². The first-order valence-corrected chi connectivity index (χ1v) is 3.71. The van der Waals surface area contributed by atoms with E-state index in [1.54, 1.807) is 13.0 Å². The van der Waals surface area contributed by atoms with E-state index < -0.39 is 8.25 Å². The first-order chi connectivity index (χ1) is 4.70. The normalized spacial score (nSPS) is 11.2. The molecule has 0 aromatic carbocycles. The lowest BCUT2D eigenvalue weighted by molar-refractivity contribution is 0.345. The molecule has 0 saturated carbocycles. The third-order valence-corrected chi connectivity index (χ3v) is 1.30. The fourth-order valence-corrected chi connectivity index (χ4v) is 0.852. The van der Waals surface area contributed by atoms with Crippen LogP contribution in [-0.4, -0.2) is 4.89 Å². The van der Waals surface area contributed by atoms with Crippen LogP contribution < -0.4 is 4.52 Å². The molecule has 1 aromatic heterocycles. The average molecular weight is 161 g/mol. The van der Waals surface area contributed by atoms with Crippen molar-refractivity contribution in [2.75, 3.05) is 0 Å². The number of furan rings is 1. The quantitative estimate of drug-likeness (QED) is 0.669. The van der Waals surface area contributed by atoms with Gasteiger partial charge in [0.2, 0.25) is 0 Å². The van der Waals surface area contributed by atoms with E-state index in [-0.39, 0.29) is 5.95 Å². The zero-order valence-corrected chi connectivity index (χ0v) is 6.17. The zero-order valence-electron chi connectivity index (χ0n) is 5.27. The molecule has 1 aromatic rings. The Balaban J connectivity index is 2.74. The van der Waals surface area contributed by atoms with E-state index in [1.807, 2.05) is 0 Å². The summed E-state index contributed by atoms with van der Waals surface area (Å²) in [6.07, 6.45) is 1.39. The summed E-state index contributed by atoms with van der Waals surface area (Å²) < 4.78 is 19.2. The van der Waals surface area contributed by atoms with Crippen LogP contribution in [0.3, 0.4) is 0 Å². The molecule has 54 valence electrons. The van der Waals surface area contributed by atoms with Crippen molar-refractivity contribution in [2.24, 2.45) is 0 Å². The molecule has 1 rings (SSSR count). The van der Waals surface area contributed by atoms with Crippen molar-refractivity contribution >= 4 is 8.25 Å². The molecule has 5 heteroatoms. The highest BCUT2D eigenvalue weighted by molar-refractivity contribution is 7.32. The standard InChI is InChI=1S/C5H5O4P/c1-4-2-3-8-5(4)9-10(6)7/h2-3H,1H3/p+1. The second-order valence-corrected chi connectivity index (χ2v) is 2.38. The van der Waals surface area contributed by atoms with Gasteiger partial charge in [0.05, 0.1) is 6.26 Å². The SMILES string of the molecule is Cc1ccoc1O[P+](=O)O. The van der Waals surface area contributed by atoms with E-state index in [9.17, 15) is 4.57 Å². The van der Waals surface area contributed by atoms with Crippen LogP contribution in [0.15, 0.2) is 16.7 Å². The molecule has 0 radical (unpaired) electrons. The van der Waals surface area contributed by atoms with Gasteiger partial charge in [-0.25, -0.2) is 0 Å². The first kappa shape index (κ1) is 7.25. The molecule has 0 saturated heterocycles. The third-order valence-electron chi connectivity index (χ3n) is 0.976. The van der Waals surface area contributed by atoms with Crippen LogP contribution in [0.2, 0.25) is 0 Å². The molecule has 0 amide bonds. The van der Waals surface area contributed by atoms with Gasteiger partial charge in [-0.3, -0.25) is 0 Å². The Labute approximate surface area is 58.4 Å². The summed E-state index contributed by atoms with van der Waals surface area (Å²) >= 11 is 0. The molecule has 1 atom stereocenters. The predicted octanol–water partition coefficient (Wildman–Crippen LogP) is 1.62. The van der Waals surface area contributed by atoms with Gasteiger partial charge in [0.25, 0.3) is 0 Å². The summed E-state index contributed by atoms with van der Waals surface area (Å²) in [5, 5.41) is 0. The molecule has 0 aliphatic carbocycles. The van der Waals surface area contributed by atoms with E-state index in [4.69, 9.17) is 9.31 Å². The maximum Gasteiger partial charge on any atom is 0.750 e. The average Bonchev–Trinajstić information content (AvgIpc) is 2.15. The minimum atomic E-state index is -2.61.